The lowest BCUT2D eigenvalue weighted by Gasteiger charge is -2.14. The molecule has 0 atom stereocenters. The number of hydrogen-bond donors (Lipinski definition) is 1. The lowest BCUT2D eigenvalue weighted by molar-refractivity contribution is -0.123. The fraction of sp³-hybridized carbons (Fsp3) is 0.0588. The van der Waals surface area contributed by atoms with Gasteiger partial charge in [0.25, 0.3) is 11.1 Å². The number of thioether (sulfide) groups is 1. The summed E-state index contributed by atoms with van der Waals surface area (Å²) in [6.45, 7) is -0.229. The van der Waals surface area contributed by atoms with E-state index in [-0.39, 0.29) is 27.8 Å². The molecule has 2 aromatic carbocycles. The van der Waals surface area contributed by atoms with Gasteiger partial charge in [0.1, 0.15) is 11.6 Å². The van der Waals surface area contributed by atoms with E-state index in [4.69, 9.17) is 11.6 Å². The molecule has 0 saturated carbocycles. The summed E-state index contributed by atoms with van der Waals surface area (Å²) in [6, 6.07) is 8.89. The first-order chi connectivity index (χ1) is 11.9. The molecule has 0 radical (unpaired) electrons. The Kier molecular flexibility index (Phi) is 5.17. The molecule has 2 aromatic rings. The van der Waals surface area contributed by atoms with E-state index in [0.29, 0.717) is 10.0 Å². The van der Waals surface area contributed by atoms with Crippen LogP contribution in [0.15, 0.2) is 45.8 Å². The second-order valence-electron chi connectivity index (χ2n) is 5.18. The molecule has 1 aliphatic heterocycles. The van der Waals surface area contributed by atoms with Gasteiger partial charge in [-0.1, -0.05) is 23.7 Å². The molecule has 3 rings (SSSR count). The fourth-order valence-electron chi connectivity index (χ4n) is 2.24. The maximum atomic E-state index is 13.9. The van der Waals surface area contributed by atoms with Crippen LogP contribution < -0.4 is 0 Å². The zero-order valence-electron chi connectivity index (χ0n) is 12.5. The first kappa shape index (κ1) is 18.0. The van der Waals surface area contributed by atoms with E-state index in [9.17, 15) is 19.1 Å². The highest BCUT2D eigenvalue weighted by atomic mass is 79.9. The average Bonchev–Trinajstić information content (AvgIpc) is 2.81. The van der Waals surface area contributed by atoms with Crippen LogP contribution in [-0.2, 0) is 11.3 Å². The molecule has 8 heteroatoms. The van der Waals surface area contributed by atoms with Crippen molar-refractivity contribution in [2.75, 3.05) is 0 Å². The summed E-state index contributed by atoms with van der Waals surface area (Å²) in [5, 5.41) is 9.17. The van der Waals surface area contributed by atoms with Crippen LogP contribution in [0.25, 0.3) is 6.08 Å². The normalized spacial score (nSPS) is 16.1. The van der Waals surface area contributed by atoms with Gasteiger partial charge in [-0.15, -0.1) is 0 Å². The molecule has 1 N–H and O–H groups in total. The summed E-state index contributed by atoms with van der Waals surface area (Å²) in [7, 11) is 0. The van der Waals surface area contributed by atoms with Gasteiger partial charge in [0, 0.05) is 10.6 Å². The number of carbonyl (C=O) groups is 2. The van der Waals surface area contributed by atoms with Crippen molar-refractivity contribution in [2.45, 2.75) is 6.54 Å². The number of halogens is 3. The largest absolute Gasteiger partial charge is 0.507 e. The van der Waals surface area contributed by atoms with Gasteiger partial charge in [-0.3, -0.25) is 14.5 Å². The van der Waals surface area contributed by atoms with Crippen molar-refractivity contribution in [2.24, 2.45) is 0 Å². The third-order valence-corrected chi connectivity index (χ3v) is 5.42. The predicted octanol–water partition coefficient (Wildman–Crippen LogP) is 5.18. The topological polar surface area (TPSA) is 57.6 Å². The Balaban J connectivity index is 1.87. The number of nitrogens with zero attached hydrogens (tertiary/aromatic N) is 1. The summed E-state index contributed by atoms with van der Waals surface area (Å²) < 4.78 is 14.4. The zero-order valence-corrected chi connectivity index (χ0v) is 15.7. The Labute approximate surface area is 160 Å². The van der Waals surface area contributed by atoms with E-state index < -0.39 is 17.0 Å². The number of phenolic OH excluding ortho intramolecular Hbond substituents is 1. The molecule has 1 heterocycles. The van der Waals surface area contributed by atoms with Gasteiger partial charge in [0.05, 0.1) is 15.9 Å². The number of hydrogen-bond acceptors (Lipinski definition) is 4. The second-order valence-corrected chi connectivity index (χ2v) is 7.43. The Morgan fingerprint density at radius 1 is 1.28 bits per heavy atom. The second kappa shape index (κ2) is 7.19. The molecule has 0 aliphatic carbocycles. The Bertz CT molecular complexity index is 899. The van der Waals surface area contributed by atoms with Gasteiger partial charge < -0.3 is 5.11 Å². The van der Waals surface area contributed by atoms with Gasteiger partial charge in [-0.25, -0.2) is 4.39 Å². The molecule has 1 aliphatic rings. The molecule has 0 bridgehead atoms. The van der Waals surface area contributed by atoms with Gasteiger partial charge >= 0.3 is 0 Å². The van der Waals surface area contributed by atoms with Crippen molar-refractivity contribution in [1.82, 2.24) is 4.90 Å². The summed E-state index contributed by atoms with van der Waals surface area (Å²) in [5.74, 6) is -1.02. The van der Waals surface area contributed by atoms with Crippen LogP contribution in [-0.4, -0.2) is 21.2 Å². The predicted molar refractivity (Wildman–Crippen MR) is 98.7 cm³/mol. The molecule has 128 valence electrons. The average molecular weight is 443 g/mol. The molecule has 1 fully saturated rings. The highest BCUT2D eigenvalue weighted by molar-refractivity contribution is 9.10. The minimum Gasteiger partial charge on any atom is -0.507 e. The summed E-state index contributed by atoms with van der Waals surface area (Å²) in [5.41, 5.74) is 0.735. The van der Waals surface area contributed by atoms with Crippen molar-refractivity contribution >= 4 is 56.5 Å². The van der Waals surface area contributed by atoms with Gasteiger partial charge in [-0.2, -0.15) is 0 Å². The van der Waals surface area contributed by atoms with Crippen molar-refractivity contribution in [3.8, 4) is 5.75 Å². The Morgan fingerprint density at radius 2 is 2.04 bits per heavy atom. The van der Waals surface area contributed by atoms with Crippen LogP contribution in [0.4, 0.5) is 9.18 Å². The number of phenols is 1. The fourth-order valence-corrected chi connectivity index (χ4v) is 3.70. The van der Waals surface area contributed by atoms with Crippen LogP contribution in [0.3, 0.4) is 0 Å². The number of carbonyl (C=O) groups excluding carboxylic acids is 2. The van der Waals surface area contributed by atoms with E-state index in [1.165, 1.54) is 30.3 Å². The molecule has 0 aromatic heterocycles. The van der Waals surface area contributed by atoms with Crippen LogP contribution in [0.5, 0.6) is 5.75 Å². The van der Waals surface area contributed by atoms with E-state index in [2.05, 4.69) is 15.9 Å². The van der Waals surface area contributed by atoms with Crippen LogP contribution in [0, 0.1) is 5.82 Å². The zero-order chi connectivity index (χ0) is 18.1. The van der Waals surface area contributed by atoms with E-state index >= 15 is 0 Å². The van der Waals surface area contributed by atoms with Crippen molar-refractivity contribution in [3.05, 3.63) is 67.7 Å². The third kappa shape index (κ3) is 3.73. The van der Waals surface area contributed by atoms with Crippen LogP contribution in [0.2, 0.25) is 5.02 Å². The lowest BCUT2D eigenvalue weighted by atomic mass is 10.2. The molecule has 0 unspecified atom stereocenters. The van der Waals surface area contributed by atoms with E-state index in [1.807, 2.05) is 0 Å². The highest BCUT2D eigenvalue weighted by Gasteiger charge is 2.35. The van der Waals surface area contributed by atoms with Crippen LogP contribution in [0.1, 0.15) is 11.1 Å². The third-order valence-electron chi connectivity index (χ3n) is 3.52. The van der Waals surface area contributed by atoms with Crippen molar-refractivity contribution in [3.63, 3.8) is 0 Å². The number of aromatic hydroxyl groups is 1. The smallest absolute Gasteiger partial charge is 0.293 e. The number of amides is 2. The first-order valence-electron chi connectivity index (χ1n) is 7.03. The maximum absolute atomic E-state index is 13.9. The Hall–Kier alpha value is -1.83. The number of imide groups is 1. The van der Waals surface area contributed by atoms with Crippen molar-refractivity contribution < 1.29 is 19.1 Å². The summed E-state index contributed by atoms with van der Waals surface area (Å²) in [6.07, 6.45) is 1.54. The maximum Gasteiger partial charge on any atom is 0.293 e. The summed E-state index contributed by atoms with van der Waals surface area (Å²) >= 11 is 9.92. The summed E-state index contributed by atoms with van der Waals surface area (Å²) in [4.78, 5) is 25.8. The van der Waals surface area contributed by atoms with Gasteiger partial charge in [-0.05, 0) is 63.6 Å². The minimum atomic E-state index is -0.571. The first-order valence-corrected chi connectivity index (χ1v) is 9.02. The lowest BCUT2D eigenvalue weighted by Crippen LogP contribution is -2.28. The SMILES string of the molecule is O=C1SC(=Cc2ccc(O)c(Br)c2)C(=O)N1Cc1c(F)cccc1Cl. The minimum absolute atomic E-state index is 0.0689. The molecule has 1 saturated heterocycles. The highest BCUT2D eigenvalue weighted by Crippen LogP contribution is 2.35. The molecular formula is C17H10BrClFNO3S. The van der Waals surface area contributed by atoms with E-state index in [1.54, 1.807) is 12.1 Å². The molecule has 2 amide bonds. The molecule has 0 spiro atoms. The Morgan fingerprint density at radius 3 is 2.72 bits per heavy atom. The number of rotatable bonds is 3. The molecule has 4 nitrogen and oxygen atoms in total. The van der Waals surface area contributed by atoms with Crippen molar-refractivity contribution in [1.29, 1.82) is 0 Å². The monoisotopic (exact) mass is 441 g/mol. The van der Waals surface area contributed by atoms with Crippen LogP contribution >= 0.6 is 39.3 Å². The standard InChI is InChI=1S/C17H10BrClFNO3S/c18-11-6-9(4-5-14(11)22)7-15-16(23)21(17(24)25-15)8-10-12(19)2-1-3-13(10)20/h1-7,22H,8H2. The molecular weight excluding hydrogens is 433 g/mol. The number of benzene rings is 2. The quantitative estimate of drug-likeness (QED) is 0.665. The molecule has 25 heavy (non-hydrogen) atoms. The van der Waals surface area contributed by atoms with E-state index in [0.717, 1.165) is 16.7 Å². The van der Waals surface area contributed by atoms with Gasteiger partial charge in [0.2, 0.25) is 0 Å². The van der Waals surface area contributed by atoms with Gasteiger partial charge in [0.15, 0.2) is 0 Å².